The lowest BCUT2D eigenvalue weighted by Crippen LogP contribution is -2.58. The van der Waals surface area contributed by atoms with Crippen molar-refractivity contribution in [2.24, 2.45) is 11.8 Å². The standard InChI is InChI=1S/C21H25N3O2/c25-20(21(26)22-18-13-23-9-7-15(18)8-10-23)17-12-24(11-14-5-6-14)19-4-2-1-3-16(17)19/h1-4,12,14-15,18H,5-11,13H2,(H,22,26)/t18-/m1/s1. The Balaban J connectivity index is 1.38. The van der Waals surface area contributed by atoms with E-state index in [9.17, 15) is 9.59 Å². The number of carbonyl (C=O) groups excluding carboxylic acids is 2. The fourth-order valence-electron chi connectivity index (χ4n) is 4.64. The molecule has 5 nitrogen and oxygen atoms in total. The first-order valence-electron chi connectivity index (χ1n) is 9.84. The summed E-state index contributed by atoms with van der Waals surface area (Å²) < 4.78 is 2.15. The number of para-hydroxylation sites is 1. The van der Waals surface area contributed by atoms with Crippen LogP contribution in [0.4, 0.5) is 0 Å². The van der Waals surface area contributed by atoms with Gasteiger partial charge in [-0.2, -0.15) is 0 Å². The summed E-state index contributed by atoms with van der Waals surface area (Å²) in [6.07, 6.45) is 6.66. The molecule has 1 atom stereocenters. The van der Waals surface area contributed by atoms with Crippen molar-refractivity contribution in [2.75, 3.05) is 19.6 Å². The van der Waals surface area contributed by atoms with E-state index >= 15 is 0 Å². The van der Waals surface area contributed by atoms with E-state index < -0.39 is 11.7 Å². The van der Waals surface area contributed by atoms with Crippen LogP contribution in [-0.2, 0) is 11.3 Å². The minimum Gasteiger partial charge on any atom is -0.346 e. The van der Waals surface area contributed by atoms with E-state index in [4.69, 9.17) is 0 Å². The van der Waals surface area contributed by atoms with Crippen molar-refractivity contribution >= 4 is 22.6 Å². The van der Waals surface area contributed by atoms with Gasteiger partial charge >= 0.3 is 0 Å². The molecule has 1 amide bonds. The number of ketones is 1. The van der Waals surface area contributed by atoms with Gasteiger partial charge in [-0.1, -0.05) is 18.2 Å². The lowest BCUT2D eigenvalue weighted by atomic mass is 9.84. The third-order valence-corrected chi connectivity index (χ3v) is 6.36. The summed E-state index contributed by atoms with van der Waals surface area (Å²) in [5.74, 6) is 0.396. The Hall–Kier alpha value is -2.14. The molecule has 4 aliphatic rings. The summed E-state index contributed by atoms with van der Waals surface area (Å²) in [5.41, 5.74) is 1.60. The average molecular weight is 351 g/mol. The highest BCUT2D eigenvalue weighted by Crippen LogP contribution is 2.33. The Morgan fingerprint density at radius 3 is 2.54 bits per heavy atom. The maximum absolute atomic E-state index is 12.9. The second kappa shape index (κ2) is 6.23. The molecular weight excluding hydrogens is 326 g/mol. The normalized spacial score (nSPS) is 27.6. The number of Topliss-reactive ketones (excluding diaryl/α,β-unsaturated/α-hetero) is 1. The second-order valence-electron chi connectivity index (χ2n) is 8.20. The number of rotatable bonds is 5. The number of nitrogens with zero attached hydrogens (tertiary/aromatic N) is 2. The van der Waals surface area contributed by atoms with E-state index in [-0.39, 0.29) is 6.04 Å². The van der Waals surface area contributed by atoms with Gasteiger partial charge in [0.2, 0.25) is 0 Å². The Bertz CT molecular complexity index is 859. The summed E-state index contributed by atoms with van der Waals surface area (Å²) in [7, 11) is 0. The average Bonchev–Trinajstić information content (AvgIpc) is 3.42. The topological polar surface area (TPSA) is 54.3 Å². The minimum absolute atomic E-state index is 0.119. The number of carbonyl (C=O) groups is 2. The van der Waals surface area contributed by atoms with Gasteiger partial charge in [-0.25, -0.2) is 0 Å². The van der Waals surface area contributed by atoms with Crippen molar-refractivity contribution in [1.29, 1.82) is 0 Å². The first-order valence-corrected chi connectivity index (χ1v) is 9.84. The molecule has 2 bridgehead atoms. The van der Waals surface area contributed by atoms with Crippen LogP contribution in [0.5, 0.6) is 0 Å². The summed E-state index contributed by atoms with van der Waals surface area (Å²) in [4.78, 5) is 28.0. The number of benzene rings is 1. The summed E-state index contributed by atoms with van der Waals surface area (Å²) in [5, 5.41) is 3.93. The molecule has 0 spiro atoms. The lowest BCUT2D eigenvalue weighted by molar-refractivity contribution is -0.119. The van der Waals surface area contributed by atoms with Crippen molar-refractivity contribution in [1.82, 2.24) is 14.8 Å². The van der Waals surface area contributed by atoms with Crippen molar-refractivity contribution < 1.29 is 9.59 Å². The van der Waals surface area contributed by atoms with Gasteiger partial charge in [0.05, 0.1) is 5.56 Å². The Morgan fingerprint density at radius 1 is 1.08 bits per heavy atom. The molecule has 1 saturated carbocycles. The maximum Gasteiger partial charge on any atom is 0.292 e. The van der Waals surface area contributed by atoms with Crippen molar-refractivity contribution in [3.05, 3.63) is 36.0 Å². The van der Waals surface area contributed by atoms with E-state index in [1.165, 1.54) is 12.8 Å². The molecule has 1 aliphatic carbocycles. The molecule has 1 N–H and O–H groups in total. The quantitative estimate of drug-likeness (QED) is 0.665. The largest absolute Gasteiger partial charge is 0.346 e. The molecule has 0 radical (unpaired) electrons. The van der Waals surface area contributed by atoms with Crippen LogP contribution in [0.25, 0.3) is 10.9 Å². The Labute approximate surface area is 153 Å². The second-order valence-corrected chi connectivity index (χ2v) is 8.20. The van der Waals surface area contributed by atoms with Crippen LogP contribution in [0.2, 0.25) is 0 Å². The van der Waals surface area contributed by atoms with Crippen LogP contribution in [0, 0.1) is 11.8 Å². The van der Waals surface area contributed by atoms with E-state index in [0.29, 0.717) is 11.5 Å². The van der Waals surface area contributed by atoms with Gasteiger partial charge in [0.25, 0.3) is 11.7 Å². The molecule has 5 heteroatoms. The van der Waals surface area contributed by atoms with Gasteiger partial charge in [0, 0.05) is 36.2 Å². The molecule has 4 heterocycles. The highest BCUT2D eigenvalue weighted by atomic mass is 16.2. The molecule has 136 valence electrons. The van der Waals surface area contributed by atoms with Crippen molar-refractivity contribution in [3.63, 3.8) is 0 Å². The van der Waals surface area contributed by atoms with Crippen LogP contribution >= 0.6 is 0 Å². The highest BCUT2D eigenvalue weighted by Gasteiger charge is 2.36. The predicted molar refractivity (Wildman–Crippen MR) is 100 cm³/mol. The Morgan fingerprint density at radius 2 is 1.85 bits per heavy atom. The number of hydrogen-bond acceptors (Lipinski definition) is 3. The van der Waals surface area contributed by atoms with Gasteiger partial charge in [-0.3, -0.25) is 9.59 Å². The summed E-state index contributed by atoms with van der Waals surface area (Å²) in [6.45, 7) is 4.07. The fraction of sp³-hybridized carbons (Fsp3) is 0.524. The Kier molecular flexibility index (Phi) is 3.85. The third-order valence-electron chi connectivity index (χ3n) is 6.36. The molecule has 26 heavy (non-hydrogen) atoms. The maximum atomic E-state index is 12.9. The lowest BCUT2D eigenvalue weighted by Gasteiger charge is -2.44. The molecule has 3 saturated heterocycles. The molecule has 6 rings (SSSR count). The number of hydrogen-bond donors (Lipinski definition) is 1. The van der Waals surface area contributed by atoms with E-state index in [0.717, 1.165) is 55.8 Å². The van der Waals surface area contributed by atoms with Crippen molar-refractivity contribution in [3.8, 4) is 0 Å². The molecule has 1 aromatic carbocycles. The van der Waals surface area contributed by atoms with Gasteiger partial charge in [0.15, 0.2) is 0 Å². The van der Waals surface area contributed by atoms with E-state index in [1.807, 2.05) is 30.5 Å². The van der Waals surface area contributed by atoms with Gasteiger partial charge in [-0.15, -0.1) is 0 Å². The van der Waals surface area contributed by atoms with E-state index in [1.54, 1.807) is 0 Å². The van der Waals surface area contributed by atoms with Gasteiger partial charge in [0.1, 0.15) is 0 Å². The first-order chi connectivity index (χ1) is 12.7. The van der Waals surface area contributed by atoms with Crippen LogP contribution in [0.1, 0.15) is 36.0 Å². The number of piperidine rings is 3. The highest BCUT2D eigenvalue weighted by molar-refractivity contribution is 6.45. The molecule has 2 aromatic rings. The molecule has 3 aliphatic heterocycles. The molecule has 0 unspecified atom stereocenters. The van der Waals surface area contributed by atoms with Crippen molar-refractivity contribution in [2.45, 2.75) is 38.3 Å². The molecule has 1 aromatic heterocycles. The number of amides is 1. The predicted octanol–water partition coefficient (Wildman–Crippen LogP) is 2.44. The smallest absolute Gasteiger partial charge is 0.292 e. The monoisotopic (exact) mass is 351 g/mol. The number of fused-ring (bicyclic) bond motifs is 4. The number of aromatic nitrogens is 1. The van der Waals surface area contributed by atoms with Crippen LogP contribution in [0.15, 0.2) is 30.5 Å². The summed E-state index contributed by atoms with van der Waals surface area (Å²) >= 11 is 0. The zero-order valence-electron chi connectivity index (χ0n) is 15.0. The first kappa shape index (κ1) is 16.1. The minimum atomic E-state index is -0.446. The van der Waals surface area contributed by atoms with Crippen LogP contribution in [0.3, 0.4) is 0 Å². The summed E-state index contributed by atoms with van der Waals surface area (Å²) in [6, 6.07) is 8.04. The van der Waals surface area contributed by atoms with E-state index in [2.05, 4.69) is 14.8 Å². The third kappa shape index (κ3) is 2.84. The zero-order valence-corrected chi connectivity index (χ0v) is 15.0. The van der Waals surface area contributed by atoms with Gasteiger partial charge in [-0.05, 0) is 56.7 Å². The number of nitrogens with one attached hydrogen (secondary N) is 1. The zero-order chi connectivity index (χ0) is 17.7. The van der Waals surface area contributed by atoms with Gasteiger partial charge < -0.3 is 14.8 Å². The molecular formula is C21H25N3O2. The van der Waals surface area contributed by atoms with Crippen LogP contribution < -0.4 is 5.32 Å². The fourth-order valence-corrected chi connectivity index (χ4v) is 4.64. The van der Waals surface area contributed by atoms with Crippen LogP contribution in [-0.4, -0.2) is 46.8 Å². The molecule has 4 fully saturated rings. The SMILES string of the molecule is O=C(N[C@@H]1CN2CCC1CC2)C(=O)c1cn(CC2CC2)c2ccccc12.